The first-order chi connectivity index (χ1) is 14.9. The van der Waals surface area contributed by atoms with Crippen LogP contribution in [0.3, 0.4) is 0 Å². The van der Waals surface area contributed by atoms with Crippen LogP contribution >= 0.6 is 0 Å². The molecule has 3 heterocycles. The maximum atomic E-state index is 13.1. The standard InChI is InChI=1S/C22H20FN5O3/c23-15-3-1-13(2-4-15)18-11-19(28(24)27-18)26-20(29)14-5-8-22(9-6-14)17-12-25-10-7-16(17)21(30)31-22/h1-4,7,10-12,14H,5-6,8-9,24H2,(H,26,29)/t14-,22+. The molecule has 9 heteroatoms. The van der Waals surface area contributed by atoms with E-state index in [-0.39, 0.29) is 23.6 Å². The second kappa shape index (κ2) is 7.19. The number of anilines is 1. The van der Waals surface area contributed by atoms with Crippen LogP contribution in [-0.4, -0.2) is 26.7 Å². The summed E-state index contributed by atoms with van der Waals surface area (Å²) in [6.45, 7) is 0. The molecule has 1 spiro atoms. The highest BCUT2D eigenvalue weighted by Gasteiger charge is 2.48. The number of esters is 1. The summed E-state index contributed by atoms with van der Waals surface area (Å²) in [5, 5.41) is 7.02. The van der Waals surface area contributed by atoms with Crippen LogP contribution in [0.5, 0.6) is 0 Å². The zero-order valence-electron chi connectivity index (χ0n) is 16.5. The Bertz CT molecular complexity index is 1170. The fourth-order valence-electron chi connectivity index (χ4n) is 4.42. The quantitative estimate of drug-likeness (QED) is 0.497. The minimum absolute atomic E-state index is 0.164. The molecule has 5 rings (SSSR count). The number of fused-ring (bicyclic) bond motifs is 2. The van der Waals surface area contributed by atoms with E-state index < -0.39 is 5.60 Å². The lowest BCUT2D eigenvalue weighted by atomic mass is 9.75. The molecule has 3 aromatic rings. The molecule has 0 saturated heterocycles. The van der Waals surface area contributed by atoms with Gasteiger partial charge in [0.2, 0.25) is 5.91 Å². The van der Waals surface area contributed by atoms with Crippen LogP contribution in [0.25, 0.3) is 11.3 Å². The van der Waals surface area contributed by atoms with E-state index in [9.17, 15) is 14.0 Å². The third-order valence-corrected chi connectivity index (χ3v) is 6.11. The van der Waals surface area contributed by atoms with E-state index in [2.05, 4.69) is 15.4 Å². The van der Waals surface area contributed by atoms with Crippen LogP contribution in [0, 0.1) is 11.7 Å². The van der Waals surface area contributed by atoms with Gasteiger partial charge in [0.25, 0.3) is 0 Å². The number of ether oxygens (including phenoxy) is 1. The van der Waals surface area contributed by atoms with Gasteiger partial charge in [0.15, 0.2) is 5.82 Å². The highest BCUT2D eigenvalue weighted by atomic mass is 19.1. The van der Waals surface area contributed by atoms with Crippen molar-refractivity contribution in [3.63, 3.8) is 0 Å². The predicted octanol–water partition coefficient (Wildman–Crippen LogP) is 2.99. The number of halogens is 1. The molecule has 1 aromatic carbocycles. The first-order valence-corrected chi connectivity index (χ1v) is 10.0. The lowest BCUT2D eigenvalue weighted by molar-refractivity contribution is -0.122. The molecule has 1 aliphatic carbocycles. The number of hydrogen-bond donors (Lipinski definition) is 2. The van der Waals surface area contributed by atoms with E-state index in [1.165, 1.54) is 12.1 Å². The predicted molar refractivity (Wildman–Crippen MR) is 110 cm³/mol. The van der Waals surface area contributed by atoms with Gasteiger partial charge in [0, 0.05) is 35.5 Å². The van der Waals surface area contributed by atoms with E-state index >= 15 is 0 Å². The average molecular weight is 421 g/mol. The molecule has 158 valence electrons. The fourth-order valence-corrected chi connectivity index (χ4v) is 4.42. The molecule has 0 atom stereocenters. The molecule has 1 aliphatic heterocycles. The second-order valence-corrected chi connectivity index (χ2v) is 7.93. The normalized spacial score (nSPS) is 22.2. The number of nitrogens with zero attached hydrogens (tertiary/aromatic N) is 3. The number of rotatable bonds is 3. The number of benzene rings is 1. The highest BCUT2D eigenvalue weighted by Crippen LogP contribution is 2.47. The Morgan fingerprint density at radius 2 is 1.97 bits per heavy atom. The molecular formula is C22H20FN5O3. The monoisotopic (exact) mass is 421 g/mol. The van der Waals surface area contributed by atoms with Crippen molar-refractivity contribution in [2.45, 2.75) is 31.3 Å². The Balaban J connectivity index is 1.27. The van der Waals surface area contributed by atoms with Gasteiger partial charge in [-0.3, -0.25) is 9.78 Å². The van der Waals surface area contributed by atoms with Crippen LogP contribution in [0.15, 0.2) is 48.8 Å². The molecule has 1 fully saturated rings. The summed E-state index contributed by atoms with van der Waals surface area (Å²) in [7, 11) is 0. The maximum absolute atomic E-state index is 13.1. The van der Waals surface area contributed by atoms with Gasteiger partial charge in [0.05, 0.1) is 11.3 Å². The lowest BCUT2D eigenvalue weighted by Gasteiger charge is -2.35. The lowest BCUT2D eigenvalue weighted by Crippen LogP contribution is -2.36. The van der Waals surface area contributed by atoms with Gasteiger partial charge >= 0.3 is 5.97 Å². The molecule has 8 nitrogen and oxygen atoms in total. The van der Waals surface area contributed by atoms with Gasteiger partial charge in [-0.05, 0) is 56.0 Å². The largest absolute Gasteiger partial charge is 0.450 e. The Morgan fingerprint density at radius 1 is 1.23 bits per heavy atom. The number of aromatic nitrogens is 3. The summed E-state index contributed by atoms with van der Waals surface area (Å²) in [6, 6.07) is 9.19. The van der Waals surface area contributed by atoms with Crippen molar-refractivity contribution in [3.05, 3.63) is 65.7 Å². The Kier molecular flexibility index (Phi) is 4.46. The van der Waals surface area contributed by atoms with Crippen molar-refractivity contribution in [1.29, 1.82) is 0 Å². The summed E-state index contributed by atoms with van der Waals surface area (Å²) in [5.41, 5.74) is 1.89. The van der Waals surface area contributed by atoms with Gasteiger partial charge in [-0.2, -0.15) is 9.89 Å². The molecule has 2 aliphatic rings. The SMILES string of the molecule is Nn1nc(-c2ccc(F)cc2)cc1NC(=O)[C@H]1CC[C@]2(CC1)OC(=O)c1ccncc12. The third kappa shape index (κ3) is 3.31. The number of pyridine rings is 1. The summed E-state index contributed by atoms with van der Waals surface area (Å²) >= 11 is 0. The first kappa shape index (κ1) is 19.2. The van der Waals surface area contributed by atoms with Gasteiger partial charge < -0.3 is 15.9 Å². The number of nitrogens with two attached hydrogens (primary N) is 1. The molecule has 1 amide bonds. The Hall–Kier alpha value is -3.75. The van der Waals surface area contributed by atoms with Crippen LogP contribution in [0.2, 0.25) is 0 Å². The van der Waals surface area contributed by atoms with Gasteiger partial charge in [-0.15, -0.1) is 0 Å². The van der Waals surface area contributed by atoms with Crippen molar-refractivity contribution in [2.24, 2.45) is 5.92 Å². The topological polar surface area (TPSA) is 112 Å². The zero-order chi connectivity index (χ0) is 21.6. The maximum Gasteiger partial charge on any atom is 0.339 e. The smallest absolute Gasteiger partial charge is 0.339 e. The first-order valence-electron chi connectivity index (χ1n) is 10.0. The van der Waals surface area contributed by atoms with Crippen molar-refractivity contribution >= 4 is 17.7 Å². The Labute approximate surface area is 177 Å². The van der Waals surface area contributed by atoms with E-state index in [0.717, 1.165) is 10.4 Å². The minimum Gasteiger partial charge on any atom is -0.450 e. The van der Waals surface area contributed by atoms with E-state index in [1.807, 2.05) is 0 Å². The molecule has 1 saturated carbocycles. The second-order valence-electron chi connectivity index (χ2n) is 7.93. The van der Waals surface area contributed by atoms with Crippen LogP contribution in [-0.2, 0) is 15.1 Å². The number of carbonyl (C=O) groups excluding carboxylic acids is 2. The van der Waals surface area contributed by atoms with E-state index in [0.29, 0.717) is 48.3 Å². The molecule has 31 heavy (non-hydrogen) atoms. The van der Waals surface area contributed by atoms with Crippen molar-refractivity contribution < 1.29 is 18.7 Å². The summed E-state index contributed by atoms with van der Waals surface area (Å²) < 4.78 is 18.9. The average Bonchev–Trinajstić information content (AvgIpc) is 3.27. The Morgan fingerprint density at radius 3 is 2.71 bits per heavy atom. The molecule has 0 bridgehead atoms. The summed E-state index contributed by atoms with van der Waals surface area (Å²) in [4.78, 5) is 30.3. The minimum atomic E-state index is -0.692. The van der Waals surface area contributed by atoms with Gasteiger partial charge in [-0.25, -0.2) is 9.18 Å². The number of nitrogen functional groups attached to an aromatic ring is 1. The van der Waals surface area contributed by atoms with Gasteiger partial charge in [0.1, 0.15) is 11.4 Å². The molecule has 0 unspecified atom stereocenters. The van der Waals surface area contributed by atoms with Crippen LogP contribution in [0.4, 0.5) is 10.2 Å². The van der Waals surface area contributed by atoms with Crippen LogP contribution < -0.4 is 11.2 Å². The molecule has 2 aromatic heterocycles. The van der Waals surface area contributed by atoms with Crippen molar-refractivity contribution in [3.8, 4) is 11.3 Å². The van der Waals surface area contributed by atoms with E-state index in [4.69, 9.17) is 10.6 Å². The van der Waals surface area contributed by atoms with E-state index in [1.54, 1.807) is 36.7 Å². The highest BCUT2D eigenvalue weighted by molar-refractivity contribution is 5.95. The molecule has 0 radical (unpaired) electrons. The zero-order valence-corrected chi connectivity index (χ0v) is 16.5. The van der Waals surface area contributed by atoms with Crippen molar-refractivity contribution in [2.75, 3.05) is 11.2 Å². The molecule has 3 N–H and O–H groups in total. The van der Waals surface area contributed by atoms with Crippen LogP contribution in [0.1, 0.15) is 41.6 Å². The summed E-state index contributed by atoms with van der Waals surface area (Å²) in [5.74, 6) is 5.17. The molecular weight excluding hydrogens is 401 g/mol. The fraction of sp³-hybridized carbons (Fsp3) is 0.273. The number of nitrogens with one attached hydrogen (secondary N) is 1. The third-order valence-electron chi connectivity index (χ3n) is 6.11. The van der Waals surface area contributed by atoms with Crippen molar-refractivity contribution in [1.82, 2.24) is 14.9 Å². The number of hydrogen-bond acceptors (Lipinski definition) is 6. The van der Waals surface area contributed by atoms with Gasteiger partial charge in [-0.1, -0.05) is 0 Å². The summed E-state index contributed by atoms with van der Waals surface area (Å²) in [6.07, 6.45) is 5.50. The number of amides is 1. The number of carbonyl (C=O) groups is 2.